The highest BCUT2D eigenvalue weighted by molar-refractivity contribution is 7.98. The zero-order valence-corrected chi connectivity index (χ0v) is 9.50. The summed E-state index contributed by atoms with van der Waals surface area (Å²) >= 11 is 7.44. The summed E-state index contributed by atoms with van der Waals surface area (Å²) in [5.74, 6) is 0.789. The summed E-state index contributed by atoms with van der Waals surface area (Å²) < 4.78 is 0. The molecule has 0 bridgehead atoms. The molecule has 2 heterocycles. The topological polar surface area (TPSA) is 25.8 Å². The van der Waals surface area contributed by atoms with Crippen LogP contribution in [0.15, 0.2) is 47.6 Å². The standard InChI is InChI=1S/C11H9ClN2S/c12-10-5-3-4-9(14-10)8-15-11-6-1-2-7-13-11/h1-7H,8H2. The van der Waals surface area contributed by atoms with E-state index >= 15 is 0 Å². The van der Waals surface area contributed by atoms with Crippen LogP contribution in [0, 0.1) is 0 Å². The Morgan fingerprint density at radius 2 is 2.07 bits per heavy atom. The van der Waals surface area contributed by atoms with Gasteiger partial charge in [-0.3, -0.25) is 0 Å². The third-order valence-electron chi connectivity index (χ3n) is 1.78. The molecular formula is C11H9ClN2S. The minimum atomic E-state index is 0.536. The third kappa shape index (κ3) is 3.22. The number of pyridine rings is 2. The monoisotopic (exact) mass is 236 g/mol. The van der Waals surface area contributed by atoms with E-state index in [1.807, 2.05) is 30.3 Å². The van der Waals surface area contributed by atoms with Crippen molar-refractivity contribution in [2.75, 3.05) is 0 Å². The first-order chi connectivity index (χ1) is 7.34. The van der Waals surface area contributed by atoms with Crippen LogP contribution >= 0.6 is 23.4 Å². The van der Waals surface area contributed by atoms with Crippen LogP contribution in [0.5, 0.6) is 0 Å². The van der Waals surface area contributed by atoms with Crippen molar-refractivity contribution < 1.29 is 0 Å². The van der Waals surface area contributed by atoms with E-state index in [0.717, 1.165) is 16.5 Å². The molecule has 0 atom stereocenters. The Hall–Kier alpha value is -1.06. The van der Waals surface area contributed by atoms with Gasteiger partial charge in [0.1, 0.15) is 5.15 Å². The largest absolute Gasteiger partial charge is 0.250 e. The lowest BCUT2D eigenvalue weighted by molar-refractivity contribution is 1.12. The van der Waals surface area contributed by atoms with Gasteiger partial charge >= 0.3 is 0 Å². The number of aromatic nitrogens is 2. The van der Waals surface area contributed by atoms with E-state index in [-0.39, 0.29) is 0 Å². The van der Waals surface area contributed by atoms with Gasteiger partial charge in [-0.1, -0.05) is 23.7 Å². The summed E-state index contributed by atoms with van der Waals surface area (Å²) in [4.78, 5) is 8.42. The molecule has 0 spiro atoms. The Morgan fingerprint density at radius 1 is 1.13 bits per heavy atom. The zero-order chi connectivity index (χ0) is 10.5. The number of thioether (sulfide) groups is 1. The SMILES string of the molecule is Clc1cccc(CSc2ccccn2)n1. The van der Waals surface area contributed by atoms with Crippen molar-refractivity contribution in [2.45, 2.75) is 10.8 Å². The second-order valence-corrected chi connectivity index (χ2v) is 4.29. The average molecular weight is 237 g/mol. The first-order valence-corrected chi connectivity index (χ1v) is 5.86. The van der Waals surface area contributed by atoms with Crippen molar-refractivity contribution in [3.05, 3.63) is 53.4 Å². The Bertz CT molecular complexity index is 434. The van der Waals surface area contributed by atoms with Crippen molar-refractivity contribution >= 4 is 23.4 Å². The smallest absolute Gasteiger partial charge is 0.129 e. The second-order valence-electron chi connectivity index (χ2n) is 2.91. The predicted octanol–water partition coefficient (Wildman–Crippen LogP) is 3.42. The fraction of sp³-hybridized carbons (Fsp3) is 0.0909. The predicted molar refractivity (Wildman–Crippen MR) is 63.0 cm³/mol. The van der Waals surface area contributed by atoms with Crippen molar-refractivity contribution in [2.24, 2.45) is 0 Å². The maximum atomic E-state index is 5.79. The van der Waals surface area contributed by atoms with E-state index in [9.17, 15) is 0 Å². The Balaban J connectivity index is 1.99. The highest BCUT2D eigenvalue weighted by Gasteiger charge is 1.98. The highest BCUT2D eigenvalue weighted by Crippen LogP contribution is 2.19. The molecule has 0 aromatic carbocycles. The van der Waals surface area contributed by atoms with Crippen LogP contribution in [-0.4, -0.2) is 9.97 Å². The molecule has 0 fully saturated rings. The van der Waals surface area contributed by atoms with Crippen LogP contribution in [-0.2, 0) is 5.75 Å². The van der Waals surface area contributed by atoms with Gasteiger partial charge in [-0.15, -0.1) is 11.8 Å². The van der Waals surface area contributed by atoms with Crippen LogP contribution in [0.4, 0.5) is 0 Å². The summed E-state index contributed by atoms with van der Waals surface area (Å²) in [7, 11) is 0. The van der Waals surface area contributed by atoms with Crippen molar-refractivity contribution in [3.8, 4) is 0 Å². The molecule has 0 amide bonds. The Labute approximate surface area is 97.7 Å². The summed E-state index contributed by atoms with van der Waals surface area (Å²) in [5.41, 5.74) is 0.971. The molecule has 0 aliphatic carbocycles. The quantitative estimate of drug-likeness (QED) is 0.603. The molecule has 2 aromatic rings. The molecule has 0 aliphatic rings. The third-order valence-corrected chi connectivity index (χ3v) is 2.97. The number of halogens is 1. The van der Waals surface area contributed by atoms with Gasteiger partial charge in [0.2, 0.25) is 0 Å². The lowest BCUT2D eigenvalue weighted by Crippen LogP contribution is -1.87. The number of hydrogen-bond acceptors (Lipinski definition) is 3. The fourth-order valence-electron chi connectivity index (χ4n) is 1.11. The van der Waals surface area contributed by atoms with Crippen molar-refractivity contribution in [3.63, 3.8) is 0 Å². The van der Waals surface area contributed by atoms with Gasteiger partial charge in [0.25, 0.3) is 0 Å². The summed E-state index contributed by atoms with van der Waals surface area (Å²) in [6.45, 7) is 0. The molecule has 2 rings (SSSR count). The van der Waals surface area contributed by atoms with Crippen LogP contribution in [0.1, 0.15) is 5.69 Å². The molecule has 4 heteroatoms. The van der Waals surface area contributed by atoms with Gasteiger partial charge < -0.3 is 0 Å². The van der Waals surface area contributed by atoms with E-state index in [0.29, 0.717) is 5.15 Å². The maximum Gasteiger partial charge on any atom is 0.129 e. The second kappa shape index (κ2) is 5.14. The van der Waals surface area contributed by atoms with Gasteiger partial charge in [0, 0.05) is 11.9 Å². The first kappa shape index (κ1) is 10.5. The summed E-state index contributed by atoms with van der Waals surface area (Å²) in [5, 5.41) is 1.54. The zero-order valence-electron chi connectivity index (χ0n) is 7.93. The lowest BCUT2D eigenvalue weighted by atomic mass is 10.4. The molecule has 15 heavy (non-hydrogen) atoms. The van der Waals surface area contributed by atoms with Crippen molar-refractivity contribution in [1.82, 2.24) is 9.97 Å². The van der Waals surface area contributed by atoms with E-state index < -0.39 is 0 Å². The van der Waals surface area contributed by atoms with Gasteiger partial charge in [0.15, 0.2) is 0 Å². The van der Waals surface area contributed by atoms with Crippen molar-refractivity contribution in [1.29, 1.82) is 0 Å². The highest BCUT2D eigenvalue weighted by atomic mass is 35.5. The first-order valence-electron chi connectivity index (χ1n) is 4.50. The van der Waals surface area contributed by atoms with Gasteiger partial charge in [-0.25, -0.2) is 9.97 Å². The minimum absolute atomic E-state index is 0.536. The molecule has 2 aromatic heterocycles. The van der Waals surface area contributed by atoms with E-state index in [1.165, 1.54) is 0 Å². The molecule has 0 saturated heterocycles. The lowest BCUT2D eigenvalue weighted by Gasteiger charge is -2.00. The molecule has 2 nitrogen and oxygen atoms in total. The minimum Gasteiger partial charge on any atom is -0.250 e. The van der Waals surface area contributed by atoms with Gasteiger partial charge in [-0.2, -0.15) is 0 Å². The molecule has 0 N–H and O–H groups in total. The average Bonchev–Trinajstić information content (AvgIpc) is 2.28. The number of nitrogens with zero attached hydrogens (tertiary/aromatic N) is 2. The van der Waals surface area contributed by atoms with E-state index in [2.05, 4.69) is 9.97 Å². The number of hydrogen-bond donors (Lipinski definition) is 0. The molecule has 0 radical (unpaired) electrons. The Kier molecular flexibility index (Phi) is 3.59. The van der Waals surface area contributed by atoms with Crippen LogP contribution in [0.2, 0.25) is 5.15 Å². The van der Waals surface area contributed by atoms with Crippen LogP contribution in [0.3, 0.4) is 0 Å². The summed E-state index contributed by atoms with van der Waals surface area (Å²) in [6, 6.07) is 11.5. The normalized spacial score (nSPS) is 10.2. The molecule has 0 aliphatic heterocycles. The maximum absolute atomic E-state index is 5.79. The molecule has 0 unspecified atom stereocenters. The molecule has 76 valence electrons. The van der Waals surface area contributed by atoms with Crippen LogP contribution < -0.4 is 0 Å². The fourth-order valence-corrected chi connectivity index (χ4v) is 2.06. The number of rotatable bonds is 3. The summed E-state index contributed by atoms with van der Waals surface area (Å²) in [6.07, 6.45) is 1.79. The molecular weight excluding hydrogens is 228 g/mol. The van der Waals surface area contributed by atoms with Gasteiger partial charge in [0.05, 0.1) is 10.7 Å². The van der Waals surface area contributed by atoms with E-state index in [1.54, 1.807) is 24.0 Å². The van der Waals surface area contributed by atoms with Gasteiger partial charge in [-0.05, 0) is 24.3 Å². The molecule has 0 saturated carbocycles. The van der Waals surface area contributed by atoms with E-state index in [4.69, 9.17) is 11.6 Å². The Morgan fingerprint density at radius 3 is 2.80 bits per heavy atom. The van der Waals surface area contributed by atoms with Crippen LogP contribution in [0.25, 0.3) is 0 Å².